The first kappa shape index (κ1) is 31.5. The van der Waals surface area contributed by atoms with Crippen LogP contribution in [0, 0.1) is 11.3 Å². The number of carbonyl (C=O) groups excluding carboxylic acids is 1. The molecule has 1 amide bonds. The maximum absolute atomic E-state index is 12.8. The van der Waals surface area contributed by atoms with Gasteiger partial charge in [-0.1, -0.05) is 6.07 Å². The van der Waals surface area contributed by atoms with Gasteiger partial charge in [-0.15, -0.1) is 0 Å². The van der Waals surface area contributed by atoms with Crippen LogP contribution in [0.15, 0.2) is 61.4 Å². The summed E-state index contributed by atoms with van der Waals surface area (Å²) in [7, 11) is 1.19. The van der Waals surface area contributed by atoms with Crippen LogP contribution in [-0.2, 0) is 6.54 Å². The number of nitriles is 1. The van der Waals surface area contributed by atoms with Crippen molar-refractivity contribution in [3.63, 3.8) is 0 Å². The maximum Gasteiger partial charge on any atom is 0.417 e. The van der Waals surface area contributed by atoms with Crippen molar-refractivity contribution < 1.29 is 40.6 Å². The van der Waals surface area contributed by atoms with Gasteiger partial charge in [-0.2, -0.15) is 36.7 Å². The molecule has 44 heavy (non-hydrogen) atoms. The first-order valence-electron chi connectivity index (χ1n) is 12.5. The number of benzene rings is 2. The second-order valence-electron chi connectivity index (χ2n) is 9.19. The quantitative estimate of drug-likeness (QED) is 0.233. The van der Waals surface area contributed by atoms with Crippen molar-refractivity contribution in [1.82, 2.24) is 30.0 Å². The number of halogens is 6. The van der Waals surface area contributed by atoms with Gasteiger partial charge in [-0.05, 0) is 42.8 Å². The Morgan fingerprint density at radius 1 is 1.02 bits per heavy atom. The lowest BCUT2D eigenvalue weighted by atomic mass is 10.1. The van der Waals surface area contributed by atoms with Gasteiger partial charge < -0.3 is 20.1 Å². The first-order chi connectivity index (χ1) is 20.8. The molecule has 2 N–H and O–H groups in total. The Morgan fingerprint density at radius 3 is 2.32 bits per heavy atom. The molecule has 11 nitrogen and oxygen atoms in total. The van der Waals surface area contributed by atoms with Gasteiger partial charge in [-0.25, -0.2) is 19.6 Å². The predicted molar refractivity (Wildman–Crippen MR) is 142 cm³/mol. The normalized spacial score (nSPS) is 12.4. The number of rotatable bonds is 10. The lowest BCUT2D eigenvalue weighted by molar-refractivity contribution is -0.255. The SMILES string of the molecule is COc1cc(C(=O)NC(C(F)(F)F)C(F)(F)F)ccc1Nc1ncc(-c2ccc(C#N)c(OC(C)Cn3cncn3)c2)cn1. The average molecular weight is 621 g/mol. The third-order valence-electron chi connectivity index (χ3n) is 5.97. The molecule has 0 fully saturated rings. The summed E-state index contributed by atoms with van der Waals surface area (Å²) >= 11 is 0. The number of hydrogen-bond acceptors (Lipinski definition) is 9. The minimum atomic E-state index is -5.74. The standard InChI is InChI=1S/C27H22F6N8O3/c1-15(12-41-14-35-13-38-41)44-21-7-16(3-4-18(21)9-34)19-10-36-25(37-11-19)39-20-6-5-17(8-22(20)43-2)23(42)40-24(26(28,29)30)27(31,32)33/h3-8,10-11,13-15,24H,12H2,1-2H3,(H,40,42)(H,36,37,39). The van der Waals surface area contributed by atoms with E-state index in [-0.39, 0.29) is 23.5 Å². The van der Waals surface area contributed by atoms with Crippen LogP contribution < -0.4 is 20.1 Å². The van der Waals surface area contributed by atoms with Crippen LogP contribution in [0.1, 0.15) is 22.8 Å². The Hall–Kier alpha value is -5.40. The summed E-state index contributed by atoms with van der Waals surface area (Å²) in [5.74, 6) is -1.28. The lowest BCUT2D eigenvalue weighted by Crippen LogP contribution is -2.54. The molecule has 2 heterocycles. The van der Waals surface area contributed by atoms with E-state index in [1.54, 1.807) is 29.2 Å². The Morgan fingerprint density at radius 2 is 1.73 bits per heavy atom. The van der Waals surface area contributed by atoms with Crippen LogP contribution in [0.3, 0.4) is 0 Å². The molecule has 17 heteroatoms. The molecule has 1 atom stereocenters. The highest BCUT2D eigenvalue weighted by molar-refractivity contribution is 5.95. The molecule has 0 radical (unpaired) electrons. The van der Waals surface area contributed by atoms with E-state index in [2.05, 4.69) is 31.4 Å². The van der Waals surface area contributed by atoms with E-state index >= 15 is 0 Å². The van der Waals surface area contributed by atoms with Gasteiger partial charge in [0.2, 0.25) is 12.0 Å². The fourth-order valence-corrected chi connectivity index (χ4v) is 3.90. The van der Waals surface area contributed by atoms with Gasteiger partial charge in [-0.3, -0.25) is 4.79 Å². The van der Waals surface area contributed by atoms with Gasteiger partial charge in [0.25, 0.3) is 5.91 Å². The van der Waals surface area contributed by atoms with Gasteiger partial charge in [0.05, 0.1) is 24.9 Å². The van der Waals surface area contributed by atoms with Crippen molar-refractivity contribution in [2.24, 2.45) is 0 Å². The molecular weight excluding hydrogens is 598 g/mol. The Bertz CT molecular complexity index is 1620. The number of amides is 1. The highest BCUT2D eigenvalue weighted by Crippen LogP contribution is 2.34. The zero-order valence-electron chi connectivity index (χ0n) is 22.8. The van der Waals surface area contributed by atoms with Crippen LogP contribution in [0.4, 0.5) is 38.0 Å². The van der Waals surface area contributed by atoms with Crippen molar-refractivity contribution in [1.29, 1.82) is 5.26 Å². The summed E-state index contributed by atoms with van der Waals surface area (Å²) in [6.07, 6.45) is -5.94. The highest BCUT2D eigenvalue weighted by Gasteiger charge is 2.57. The van der Waals surface area contributed by atoms with Crippen LogP contribution in [0.25, 0.3) is 11.1 Å². The van der Waals surface area contributed by atoms with E-state index in [4.69, 9.17) is 9.47 Å². The number of alkyl halides is 6. The summed E-state index contributed by atoms with van der Waals surface area (Å²) in [6, 6.07) is 6.18. The number of aromatic nitrogens is 5. The van der Waals surface area contributed by atoms with Crippen molar-refractivity contribution in [2.45, 2.75) is 38.0 Å². The van der Waals surface area contributed by atoms with Crippen molar-refractivity contribution in [3.8, 4) is 28.7 Å². The van der Waals surface area contributed by atoms with Crippen LogP contribution >= 0.6 is 0 Å². The number of hydrogen-bond donors (Lipinski definition) is 2. The number of carbonyl (C=O) groups is 1. The molecule has 4 aromatic rings. The van der Waals surface area contributed by atoms with E-state index in [9.17, 15) is 36.4 Å². The van der Waals surface area contributed by atoms with Crippen molar-refractivity contribution >= 4 is 17.5 Å². The molecule has 230 valence electrons. The first-order valence-corrected chi connectivity index (χ1v) is 12.5. The lowest BCUT2D eigenvalue weighted by Gasteiger charge is -2.24. The van der Waals surface area contributed by atoms with Crippen LogP contribution in [-0.4, -0.2) is 62.2 Å². The topological polar surface area (TPSA) is 140 Å². The molecule has 0 spiro atoms. The largest absolute Gasteiger partial charge is 0.495 e. The molecule has 0 saturated carbocycles. The Kier molecular flexibility index (Phi) is 9.21. The fraction of sp³-hybridized carbons (Fsp3) is 0.259. The molecule has 4 rings (SSSR count). The van der Waals surface area contributed by atoms with Crippen molar-refractivity contribution in [3.05, 3.63) is 72.6 Å². The number of anilines is 2. The number of methoxy groups -OCH3 is 1. The van der Waals surface area contributed by atoms with Gasteiger partial charge in [0, 0.05) is 23.5 Å². The Balaban J connectivity index is 1.48. The number of nitrogens with zero attached hydrogens (tertiary/aromatic N) is 6. The van der Waals surface area contributed by atoms with Crippen LogP contribution in [0.5, 0.6) is 11.5 Å². The summed E-state index contributed by atoms with van der Waals surface area (Å²) in [6.45, 7) is 2.21. The zero-order valence-corrected chi connectivity index (χ0v) is 22.8. The van der Waals surface area contributed by atoms with E-state index in [1.807, 2.05) is 6.92 Å². The molecule has 1 unspecified atom stereocenters. The van der Waals surface area contributed by atoms with Gasteiger partial charge >= 0.3 is 12.4 Å². The molecule has 2 aromatic heterocycles. The summed E-state index contributed by atoms with van der Waals surface area (Å²) in [5.41, 5.74) is 1.20. The van der Waals surface area contributed by atoms with E-state index in [0.29, 0.717) is 29.0 Å². The van der Waals surface area contributed by atoms with E-state index in [1.165, 1.54) is 31.9 Å². The molecule has 0 aliphatic rings. The third kappa shape index (κ3) is 7.70. The highest BCUT2D eigenvalue weighted by atomic mass is 19.4. The fourth-order valence-electron chi connectivity index (χ4n) is 3.90. The average Bonchev–Trinajstić information content (AvgIpc) is 3.48. The second kappa shape index (κ2) is 12.9. The Labute approximate surface area is 245 Å². The van der Waals surface area contributed by atoms with Crippen LogP contribution in [0.2, 0.25) is 0 Å². The van der Waals surface area contributed by atoms with Gasteiger partial charge in [0.1, 0.15) is 36.3 Å². The molecule has 0 aliphatic heterocycles. The summed E-state index contributed by atoms with van der Waals surface area (Å²) < 4.78 is 89.7. The molecule has 0 saturated heterocycles. The zero-order chi connectivity index (χ0) is 32.1. The third-order valence-corrected chi connectivity index (χ3v) is 5.97. The van der Waals surface area contributed by atoms with E-state index < -0.39 is 29.9 Å². The second-order valence-corrected chi connectivity index (χ2v) is 9.19. The number of nitrogens with one attached hydrogen (secondary N) is 2. The minimum Gasteiger partial charge on any atom is -0.495 e. The summed E-state index contributed by atoms with van der Waals surface area (Å²) in [5, 5.41) is 17.3. The molecule has 0 bridgehead atoms. The number of ether oxygens (including phenoxy) is 2. The van der Waals surface area contributed by atoms with E-state index in [0.717, 1.165) is 17.4 Å². The smallest absolute Gasteiger partial charge is 0.417 e. The molecular formula is C27H22F6N8O3. The maximum atomic E-state index is 12.8. The molecule has 2 aromatic carbocycles. The van der Waals surface area contributed by atoms with Crippen molar-refractivity contribution in [2.75, 3.05) is 12.4 Å². The minimum absolute atomic E-state index is 0.0602. The summed E-state index contributed by atoms with van der Waals surface area (Å²) in [4.78, 5) is 24.5. The monoisotopic (exact) mass is 620 g/mol. The predicted octanol–water partition coefficient (Wildman–Crippen LogP) is 5.05. The molecule has 0 aliphatic carbocycles. The van der Waals surface area contributed by atoms with Gasteiger partial charge in [0.15, 0.2) is 0 Å².